The Morgan fingerprint density at radius 1 is 0.941 bits per heavy atom. The van der Waals surface area contributed by atoms with E-state index in [1.807, 2.05) is 6.07 Å². The Hall–Kier alpha value is 0.828. The first-order valence-electron chi connectivity index (χ1n) is 5.01. The molecular weight excluding hydrogens is 476 g/mol. The molecule has 1 aromatic carbocycles. The van der Waals surface area contributed by atoms with Crippen molar-refractivity contribution in [1.82, 2.24) is 0 Å². The van der Waals surface area contributed by atoms with Crippen LogP contribution in [-0.4, -0.2) is 13.2 Å². The van der Waals surface area contributed by atoms with Crippen molar-refractivity contribution in [3.8, 4) is 0 Å². The number of hydrogen-bond donors (Lipinski definition) is 0. The van der Waals surface area contributed by atoms with Gasteiger partial charge in [-0.15, -0.1) is 0 Å². The second kappa shape index (κ2) is 6.84. The summed E-state index contributed by atoms with van der Waals surface area (Å²) in [6.07, 6.45) is 2.56. The molecule has 0 aliphatic carbocycles. The Labute approximate surface area is 118 Å². The molecule has 1 aromatic rings. The number of halogens is 4. The van der Waals surface area contributed by atoms with Gasteiger partial charge in [0.1, 0.15) is 0 Å². The van der Waals surface area contributed by atoms with Gasteiger partial charge < -0.3 is 4.74 Å². The van der Waals surface area contributed by atoms with Gasteiger partial charge in [-0.25, -0.2) is 0 Å². The Morgan fingerprint density at radius 3 is 1.82 bits per heavy atom. The zero-order chi connectivity index (χ0) is 12.8. The maximum atomic E-state index is 5.66. The Morgan fingerprint density at radius 2 is 1.47 bits per heavy atom. The molecule has 17 heavy (non-hydrogen) atoms. The summed E-state index contributed by atoms with van der Waals surface area (Å²) in [6.45, 7) is 2.00. The summed E-state index contributed by atoms with van der Waals surface area (Å²) in [5.74, 6) is 0. The third-order valence-corrected chi connectivity index (χ3v) is 5.84. The molecule has 0 unspecified atom stereocenters. The van der Waals surface area contributed by atoms with Gasteiger partial charge in [-0.3, -0.25) is 0 Å². The van der Waals surface area contributed by atoms with Gasteiger partial charge in [0.2, 0.25) is 0 Å². The van der Waals surface area contributed by atoms with Gasteiger partial charge >= 0.3 is 87.6 Å². The minimum atomic E-state index is -4.65. The van der Waals surface area contributed by atoms with Crippen LogP contribution in [0.1, 0.15) is 12.8 Å². The first-order valence-corrected chi connectivity index (χ1v) is 20.9. The monoisotopic (exact) mass is 487 g/mol. The van der Waals surface area contributed by atoms with Crippen LogP contribution in [0.3, 0.4) is 0 Å². The molecule has 0 bridgehead atoms. The summed E-state index contributed by atoms with van der Waals surface area (Å²) in [4.78, 5) is 0. The van der Waals surface area contributed by atoms with Crippen molar-refractivity contribution in [2.75, 3.05) is 13.2 Å². The van der Waals surface area contributed by atoms with E-state index in [9.17, 15) is 0 Å². The van der Waals surface area contributed by atoms with Gasteiger partial charge in [0.05, 0.1) is 0 Å². The third-order valence-electron chi connectivity index (χ3n) is 1.83. The van der Waals surface area contributed by atoms with E-state index < -0.39 is 10.5 Å². The number of benzene rings is 1. The van der Waals surface area contributed by atoms with Crippen molar-refractivity contribution in [3.63, 3.8) is 0 Å². The summed E-state index contributed by atoms with van der Waals surface area (Å²) in [7, 11) is 18.0. The molecule has 1 aliphatic heterocycles. The predicted octanol–water partition coefficient (Wildman–Crippen LogP) is 5.60. The molecule has 0 N–H and O–H groups in total. The van der Waals surface area contributed by atoms with E-state index in [2.05, 4.69) is 3.50 Å². The summed E-state index contributed by atoms with van der Waals surface area (Å²) in [5.41, 5.74) is 0.609. The SMILES string of the molecule is C1CCOC1.[Cl][W]([Cl])([Cl])([Cl])=[N]c1ccccc1. The number of nitrogens with zero attached hydrogens (tertiary/aromatic N) is 1. The molecule has 2 rings (SSSR count). The maximum absolute atomic E-state index is 5.66. The van der Waals surface area contributed by atoms with Gasteiger partial charge in [-0.1, -0.05) is 0 Å². The van der Waals surface area contributed by atoms with Crippen molar-refractivity contribution in [3.05, 3.63) is 30.3 Å². The zero-order valence-electron chi connectivity index (χ0n) is 8.99. The van der Waals surface area contributed by atoms with Crippen molar-refractivity contribution in [1.29, 1.82) is 0 Å². The molecule has 98 valence electrons. The third kappa shape index (κ3) is 9.41. The fourth-order valence-electron chi connectivity index (χ4n) is 1.16. The van der Waals surface area contributed by atoms with Crippen LogP contribution in [0.2, 0.25) is 0 Å². The van der Waals surface area contributed by atoms with E-state index in [0.717, 1.165) is 13.2 Å². The Kier molecular flexibility index (Phi) is 6.39. The molecule has 0 saturated carbocycles. The second-order valence-electron chi connectivity index (χ2n) is 3.37. The summed E-state index contributed by atoms with van der Waals surface area (Å²) in [6, 6.07) is 8.95. The van der Waals surface area contributed by atoms with Crippen LogP contribution >= 0.6 is 37.7 Å². The van der Waals surface area contributed by atoms with Crippen LogP contribution in [0.5, 0.6) is 0 Å². The first kappa shape index (κ1) is 15.9. The van der Waals surface area contributed by atoms with Crippen LogP contribution in [0, 0.1) is 0 Å². The van der Waals surface area contributed by atoms with E-state index in [4.69, 9.17) is 42.4 Å². The van der Waals surface area contributed by atoms with Crippen molar-refractivity contribution < 1.29 is 15.2 Å². The molecule has 7 heteroatoms. The molecule has 1 fully saturated rings. The van der Waals surface area contributed by atoms with Crippen LogP contribution < -0.4 is 0 Å². The number of ether oxygens (including phenoxy) is 1. The molecular formula is C10H13Cl4NOW. The molecule has 0 aromatic heterocycles. The fraction of sp³-hybridized carbons (Fsp3) is 0.400. The van der Waals surface area contributed by atoms with Crippen LogP contribution in [-0.2, 0) is 15.2 Å². The standard InChI is InChI=1S/C6H5N.C4H8O.4ClH.W/c7-6-4-2-1-3-5-6;1-2-4-5-3-1;;;;;/h1-5H;1-4H2;4*1H;/q;;;;;;+4/p-4. The van der Waals surface area contributed by atoms with Gasteiger partial charge in [-0.2, -0.15) is 0 Å². The fourth-order valence-corrected chi connectivity index (χ4v) is 5.35. The van der Waals surface area contributed by atoms with Gasteiger partial charge in [0.15, 0.2) is 0 Å². The molecule has 0 atom stereocenters. The van der Waals surface area contributed by atoms with E-state index in [-0.39, 0.29) is 0 Å². The van der Waals surface area contributed by atoms with E-state index in [1.165, 1.54) is 12.8 Å². The molecule has 1 aliphatic rings. The molecule has 1 heterocycles. The molecule has 0 amide bonds. The van der Waals surface area contributed by atoms with Crippen molar-refractivity contribution in [2.45, 2.75) is 12.8 Å². The second-order valence-corrected chi connectivity index (χ2v) is 36.0. The normalized spacial score (nSPS) is 17.5. The number of hydrogen-bond acceptors (Lipinski definition) is 2. The van der Waals surface area contributed by atoms with E-state index in [0.29, 0.717) is 5.69 Å². The van der Waals surface area contributed by atoms with Crippen LogP contribution in [0.25, 0.3) is 0 Å². The Balaban J connectivity index is 0.000000239. The van der Waals surface area contributed by atoms with Crippen molar-refractivity contribution in [2.24, 2.45) is 3.50 Å². The summed E-state index contributed by atoms with van der Waals surface area (Å²) < 4.78 is 8.84. The molecule has 2 nitrogen and oxygen atoms in total. The number of rotatable bonds is 1. The molecule has 0 spiro atoms. The van der Waals surface area contributed by atoms with Gasteiger partial charge in [0, 0.05) is 13.2 Å². The first-order chi connectivity index (χ1) is 7.83. The van der Waals surface area contributed by atoms with E-state index in [1.54, 1.807) is 24.3 Å². The minimum absolute atomic E-state index is 0.609. The van der Waals surface area contributed by atoms with Crippen LogP contribution in [0.4, 0.5) is 5.69 Å². The average Bonchev–Trinajstić information content (AvgIpc) is 2.72. The van der Waals surface area contributed by atoms with Gasteiger partial charge in [0.25, 0.3) is 0 Å². The zero-order valence-corrected chi connectivity index (χ0v) is 14.9. The Bertz CT molecular complexity index is 382. The summed E-state index contributed by atoms with van der Waals surface area (Å²) >= 11 is 0. The molecule has 1 saturated heterocycles. The summed E-state index contributed by atoms with van der Waals surface area (Å²) in [5, 5.41) is 0. The molecule has 0 radical (unpaired) electrons. The topological polar surface area (TPSA) is 21.6 Å². The quantitative estimate of drug-likeness (QED) is 0.504. The van der Waals surface area contributed by atoms with Gasteiger partial charge in [-0.05, 0) is 12.8 Å². The van der Waals surface area contributed by atoms with E-state index >= 15 is 0 Å². The predicted molar refractivity (Wildman–Crippen MR) is 72.0 cm³/mol. The van der Waals surface area contributed by atoms with Crippen LogP contribution in [0.15, 0.2) is 33.8 Å². The average molecular weight is 489 g/mol. The van der Waals surface area contributed by atoms with Crippen molar-refractivity contribution >= 4 is 43.4 Å².